The third kappa shape index (κ3) is 3.73. The molecule has 4 rings (SSSR count). The molecular weight excluding hydrogens is 286 g/mol. The van der Waals surface area contributed by atoms with Gasteiger partial charge in [-0.05, 0) is 62.4 Å². The average Bonchev–Trinajstić information content (AvgIpc) is 3.41. The monoisotopic (exact) mass is 309 g/mol. The van der Waals surface area contributed by atoms with E-state index in [1.807, 2.05) is 6.07 Å². The van der Waals surface area contributed by atoms with Crippen LogP contribution in [0.4, 0.5) is 23.1 Å². The van der Waals surface area contributed by atoms with Crippen LogP contribution in [0.25, 0.3) is 0 Å². The molecule has 0 spiro atoms. The van der Waals surface area contributed by atoms with Crippen LogP contribution in [0.1, 0.15) is 32.1 Å². The van der Waals surface area contributed by atoms with Crippen LogP contribution in [0, 0.1) is 0 Å². The Morgan fingerprint density at radius 2 is 1.74 bits per heavy atom. The van der Waals surface area contributed by atoms with Crippen LogP contribution in [-0.2, 0) is 0 Å². The number of nitrogens with zero attached hydrogens (tertiary/aromatic N) is 3. The summed E-state index contributed by atoms with van der Waals surface area (Å²) in [6, 6.07) is 11.1. The molecule has 1 aromatic heterocycles. The van der Waals surface area contributed by atoms with Gasteiger partial charge in [-0.15, -0.1) is 0 Å². The fourth-order valence-electron chi connectivity index (χ4n) is 2.97. The summed E-state index contributed by atoms with van der Waals surface area (Å²) in [5.41, 5.74) is 2.33. The lowest BCUT2D eigenvalue weighted by atomic mass is 10.1. The van der Waals surface area contributed by atoms with Crippen molar-refractivity contribution < 1.29 is 0 Å². The minimum atomic E-state index is 0.599. The number of aromatic nitrogens is 2. The number of rotatable bonds is 5. The van der Waals surface area contributed by atoms with Gasteiger partial charge in [0.05, 0.1) is 0 Å². The molecule has 0 radical (unpaired) electrons. The first-order valence-electron chi connectivity index (χ1n) is 8.58. The smallest absolute Gasteiger partial charge is 0.229 e. The largest absolute Gasteiger partial charge is 0.372 e. The third-order valence-corrected chi connectivity index (χ3v) is 4.43. The van der Waals surface area contributed by atoms with E-state index >= 15 is 0 Å². The fourth-order valence-corrected chi connectivity index (χ4v) is 2.97. The predicted molar refractivity (Wildman–Crippen MR) is 94.5 cm³/mol. The lowest BCUT2D eigenvalue weighted by Gasteiger charge is -2.28. The highest BCUT2D eigenvalue weighted by molar-refractivity contribution is 5.60. The van der Waals surface area contributed by atoms with Crippen molar-refractivity contribution in [1.29, 1.82) is 0 Å². The first-order valence-corrected chi connectivity index (χ1v) is 8.58. The van der Waals surface area contributed by atoms with Gasteiger partial charge in [0.25, 0.3) is 0 Å². The molecule has 5 nitrogen and oxygen atoms in total. The van der Waals surface area contributed by atoms with E-state index in [2.05, 4.69) is 49.8 Å². The molecule has 0 amide bonds. The molecule has 2 fully saturated rings. The highest BCUT2D eigenvalue weighted by Gasteiger charge is 2.21. The van der Waals surface area contributed by atoms with E-state index in [9.17, 15) is 0 Å². The summed E-state index contributed by atoms with van der Waals surface area (Å²) >= 11 is 0. The lowest BCUT2D eigenvalue weighted by Crippen LogP contribution is -2.29. The van der Waals surface area contributed by atoms with Gasteiger partial charge in [0.2, 0.25) is 5.95 Å². The topological polar surface area (TPSA) is 53.1 Å². The molecule has 0 atom stereocenters. The first-order chi connectivity index (χ1) is 11.4. The van der Waals surface area contributed by atoms with Crippen molar-refractivity contribution in [1.82, 2.24) is 9.97 Å². The Morgan fingerprint density at radius 3 is 2.48 bits per heavy atom. The Morgan fingerprint density at radius 1 is 0.957 bits per heavy atom. The maximum absolute atomic E-state index is 4.52. The van der Waals surface area contributed by atoms with Gasteiger partial charge in [-0.1, -0.05) is 0 Å². The lowest BCUT2D eigenvalue weighted by molar-refractivity contribution is 0.578. The molecule has 1 saturated carbocycles. The maximum Gasteiger partial charge on any atom is 0.229 e. The highest BCUT2D eigenvalue weighted by atomic mass is 15.2. The van der Waals surface area contributed by atoms with Crippen LogP contribution in [0.15, 0.2) is 36.5 Å². The summed E-state index contributed by atoms with van der Waals surface area (Å²) in [5, 5.41) is 6.68. The van der Waals surface area contributed by atoms with Gasteiger partial charge in [-0.25, -0.2) is 4.98 Å². The van der Waals surface area contributed by atoms with E-state index in [0.29, 0.717) is 12.0 Å². The minimum absolute atomic E-state index is 0.599. The highest BCUT2D eigenvalue weighted by Crippen LogP contribution is 2.25. The van der Waals surface area contributed by atoms with Crippen molar-refractivity contribution in [2.24, 2.45) is 0 Å². The van der Waals surface area contributed by atoms with Crippen LogP contribution in [0.3, 0.4) is 0 Å². The SMILES string of the molecule is c1cc(NC2CC2)nc(Nc2ccc(N3CCCCC3)cc2)n1. The van der Waals surface area contributed by atoms with Gasteiger partial charge >= 0.3 is 0 Å². The summed E-state index contributed by atoms with van der Waals surface area (Å²) in [6.07, 6.45) is 8.24. The number of benzene rings is 1. The van der Waals surface area contributed by atoms with E-state index in [0.717, 1.165) is 11.5 Å². The van der Waals surface area contributed by atoms with Crippen LogP contribution in [0.2, 0.25) is 0 Å². The second kappa shape index (κ2) is 6.44. The fraction of sp³-hybridized carbons (Fsp3) is 0.444. The summed E-state index contributed by atoms with van der Waals surface area (Å²) in [5.74, 6) is 1.54. The second-order valence-corrected chi connectivity index (χ2v) is 6.40. The summed E-state index contributed by atoms with van der Waals surface area (Å²) in [7, 11) is 0. The molecule has 1 aromatic carbocycles. The summed E-state index contributed by atoms with van der Waals surface area (Å²) in [4.78, 5) is 11.3. The van der Waals surface area contributed by atoms with E-state index in [1.54, 1.807) is 6.20 Å². The minimum Gasteiger partial charge on any atom is -0.372 e. The van der Waals surface area contributed by atoms with Crippen molar-refractivity contribution in [2.75, 3.05) is 28.6 Å². The Bertz CT molecular complexity index is 645. The summed E-state index contributed by atoms with van der Waals surface area (Å²) < 4.78 is 0. The Labute approximate surface area is 137 Å². The molecule has 1 aliphatic carbocycles. The Hall–Kier alpha value is -2.30. The number of hydrogen-bond donors (Lipinski definition) is 2. The number of nitrogens with one attached hydrogen (secondary N) is 2. The molecule has 0 unspecified atom stereocenters. The van der Waals surface area contributed by atoms with Crippen molar-refractivity contribution in [3.05, 3.63) is 36.5 Å². The maximum atomic E-state index is 4.52. The van der Waals surface area contributed by atoms with Gasteiger partial charge in [0, 0.05) is 36.7 Å². The van der Waals surface area contributed by atoms with E-state index in [1.165, 1.54) is 50.9 Å². The summed E-state index contributed by atoms with van der Waals surface area (Å²) in [6.45, 7) is 2.34. The molecule has 23 heavy (non-hydrogen) atoms. The predicted octanol–water partition coefficient (Wildman–Crippen LogP) is 3.78. The Balaban J connectivity index is 1.41. The van der Waals surface area contributed by atoms with Crippen molar-refractivity contribution in [3.8, 4) is 0 Å². The molecule has 0 bridgehead atoms. The molecular formula is C18H23N5. The van der Waals surface area contributed by atoms with Gasteiger partial charge in [0.15, 0.2) is 0 Å². The van der Waals surface area contributed by atoms with Crippen LogP contribution in [0.5, 0.6) is 0 Å². The number of hydrogen-bond acceptors (Lipinski definition) is 5. The molecule has 1 saturated heterocycles. The normalized spacial score (nSPS) is 17.8. The molecule has 2 N–H and O–H groups in total. The number of anilines is 4. The molecule has 2 aliphatic rings. The van der Waals surface area contributed by atoms with Crippen LogP contribution in [-0.4, -0.2) is 29.1 Å². The Kier molecular flexibility index (Phi) is 4.01. The van der Waals surface area contributed by atoms with Crippen molar-refractivity contribution in [2.45, 2.75) is 38.1 Å². The van der Waals surface area contributed by atoms with E-state index in [-0.39, 0.29) is 0 Å². The van der Waals surface area contributed by atoms with E-state index in [4.69, 9.17) is 0 Å². The van der Waals surface area contributed by atoms with Gasteiger partial charge in [0.1, 0.15) is 5.82 Å². The van der Waals surface area contributed by atoms with Gasteiger partial charge < -0.3 is 15.5 Å². The molecule has 2 aromatic rings. The van der Waals surface area contributed by atoms with E-state index < -0.39 is 0 Å². The zero-order valence-electron chi connectivity index (χ0n) is 13.3. The molecule has 5 heteroatoms. The zero-order valence-corrected chi connectivity index (χ0v) is 13.3. The standard InChI is InChI=1S/C18H23N5/c1-2-12-23(13-3-1)16-8-6-15(7-9-16)21-18-19-11-10-17(22-18)20-14-4-5-14/h6-11,14H,1-5,12-13H2,(H2,19,20,21,22). The second-order valence-electron chi connectivity index (χ2n) is 6.40. The average molecular weight is 309 g/mol. The molecule has 2 heterocycles. The molecule has 120 valence electrons. The van der Waals surface area contributed by atoms with Gasteiger partial charge in [-0.2, -0.15) is 4.98 Å². The molecule has 1 aliphatic heterocycles. The third-order valence-electron chi connectivity index (χ3n) is 4.43. The van der Waals surface area contributed by atoms with Gasteiger partial charge in [-0.3, -0.25) is 0 Å². The number of piperidine rings is 1. The van der Waals surface area contributed by atoms with Crippen LogP contribution < -0.4 is 15.5 Å². The quantitative estimate of drug-likeness (QED) is 0.880. The zero-order chi connectivity index (χ0) is 15.5. The van der Waals surface area contributed by atoms with Crippen LogP contribution >= 0.6 is 0 Å². The van der Waals surface area contributed by atoms with Crippen molar-refractivity contribution in [3.63, 3.8) is 0 Å². The van der Waals surface area contributed by atoms with Crippen molar-refractivity contribution >= 4 is 23.1 Å². The first kappa shape index (κ1) is 14.3.